The first kappa shape index (κ1) is 47.9. The van der Waals surface area contributed by atoms with Gasteiger partial charge in [0.25, 0.3) is 0 Å². The van der Waals surface area contributed by atoms with Gasteiger partial charge in [-0.3, -0.25) is 13.8 Å². The molecule has 9 nitrogen and oxygen atoms in total. The Morgan fingerprint density at radius 1 is 0.612 bits per heavy atom. The number of phosphoric acid groups is 1. The van der Waals surface area contributed by atoms with E-state index in [9.17, 15) is 19.4 Å². The summed E-state index contributed by atoms with van der Waals surface area (Å²) in [5.41, 5.74) is 0. The van der Waals surface area contributed by atoms with Crippen LogP contribution in [0.25, 0.3) is 0 Å². The van der Waals surface area contributed by atoms with Crippen LogP contribution in [0.5, 0.6) is 0 Å². The van der Waals surface area contributed by atoms with E-state index in [2.05, 4.69) is 38.2 Å². The van der Waals surface area contributed by atoms with Crippen LogP contribution in [-0.4, -0.2) is 66.3 Å². The van der Waals surface area contributed by atoms with Crippen LogP contribution in [-0.2, 0) is 27.9 Å². The number of phosphoric ester groups is 1. The highest BCUT2D eigenvalue weighted by Crippen LogP contribution is 2.43. The van der Waals surface area contributed by atoms with Crippen molar-refractivity contribution in [2.45, 2.75) is 187 Å². The van der Waals surface area contributed by atoms with Gasteiger partial charge in [0.05, 0.1) is 26.4 Å². The molecule has 49 heavy (non-hydrogen) atoms. The predicted octanol–water partition coefficient (Wildman–Crippen LogP) is 10.3. The molecule has 0 aliphatic rings. The number of esters is 1. The molecule has 0 aromatic heterocycles. The van der Waals surface area contributed by atoms with Gasteiger partial charge in [-0.05, 0) is 57.8 Å². The Labute approximate surface area is 300 Å². The largest absolute Gasteiger partial charge is 0.472 e. The van der Waals surface area contributed by atoms with Gasteiger partial charge in [-0.25, -0.2) is 4.57 Å². The van der Waals surface area contributed by atoms with Gasteiger partial charge in [-0.1, -0.05) is 134 Å². The fourth-order valence-electron chi connectivity index (χ4n) is 5.29. The summed E-state index contributed by atoms with van der Waals surface area (Å²) >= 11 is 0. The van der Waals surface area contributed by atoms with Crippen molar-refractivity contribution in [3.8, 4) is 0 Å². The summed E-state index contributed by atoms with van der Waals surface area (Å²) in [5.74, 6) is -0.395. The minimum Gasteiger partial charge on any atom is -0.457 e. The van der Waals surface area contributed by atoms with Crippen LogP contribution >= 0.6 is 7.82 Å². The van der Waals surface area contributed by atoms with Gasteiger partial charge in [-0.15, -0.1) is 0 Å². The summed E-state index contributed by atoms with van der Waals surface area (Å²) in [6.07, 6.45) is 35.7. The SMILES string of the molecule is CCC/C=C\CCCCCCCC(=O)OC(COCCCCCCCCCC/C=C\CCCCCCCC)COP(=O)(O)OCC(O)CO. The van der Waals surface area contributed by atoms with Crippen molar-refractivity contribution >= 4 is 13.8 Å². The number of carbonyl (C=O) groups excluding carboxylic acids is 1. The van der Waals surface area contributed by atoms with Gasteiger partial charge >= 0.3 is 13.8 Å². The van der Waals surface area contributed by atoms with E-state index in [4.69, 9.17) is 23.6 Å². The Bertz CT molecular complexity index is 820. The second-order valence-corrected chi connectivity index (χ2v) is 14.7. The van der Waals surface area contributed by atoms with E-state index in [1.54, 1.807) is 0 Å². The van der Waals surface area contributed by atoms with Crippen molar-refractivity contribution in [3.05, 3.63) is 24.3 Å². The minimum absolute atomic E-state index is 0.0456. The van der Waals surface area contributed by atoms with Gasteiger partial charge in [0.2, 0.25) is 0 Å². The average molecular weight is 719 g/mol. The lowest BCUT2D eigenvalue weighted by Gasteiger charge is -2.20. The quantitative estimate of drug-likeness (QED) is 0.0247. The van der Waals surface area contributed by atoms with Crippen LogP contribution in [0.1, 0.15) is 174 Å². The number of aliphatic hydroxyl groups excluding tert-OH is 2. The van der Waals surface area contributed by atoms with Crippen LogP contribution < -0.4 is 0 Å². The van der Waals surface area contributed by atoms with Crippen molar-refractivity contribution in [2.75, 3.05) is 33.0 Å². The van der Waals surface area contributed by atoms with Crippen LogP contribution in [0.2, 0.25) is 0 Å². The smallest absolute Gasteiger partial charge is 0.457 e. The summed E-state index contributed by atoms with van der Waals surface area (Å²) in [6, 6.07) is 0. The van der Waals surface area contributed by atoms with Crippen LogP contribution in [0.15, 0.2) is 24.3 Å². The molecule has 0 aliphatic carbocycles. The summed E-state index contributed by atoms with van der Waals surface area (Å²) in [5, 5.41) is 18.3. The third-order valence-corrected chi connectivity index (χ3v) is 9.29. The second kappa shape index (κ2) is 36.7. The molecule has 0 saturated carbocycles. The molecule has 0 radical (unpaired) electrons. The molecule has 0 heterocycles. The lowest BCUT2D eigenvalue weighted by atomic mass is 10.1. The molecule has 290 valence electrons. The first-order valence-electron chi connectivity index (χ1n) is 19.8. The number of aliphatic hydroxyl groups is 2. The Morgan fingerprint density at radius 2 is 1.08 bits per heavy atom. The lowest BCUT2D eigenvalue weighted by molar-refractivity contribution is -0.154. The molecule has 10 heteroatoms. The number of rotatable bonds is 38. The number of hydrogen-bond donors (Lipinski definition) is 3. The second-order valence-electron chi connectivity index (χ2n) is 13.3. The molecule has 0 spiro atoms. The molecule has 0 aromatic carbocycles. The van der Waals surface area contributed by atoms with Crippen LogP contribution in [0.4, 0.5) is 0 Å². The maximum absolute atomic E-state index is 12.5. The van der Waals surface area contributed by atoms with Crippen molar-refractivity contribution in [1.82, 2.24) is 0 Å². The van der Waals surface area contributed by atoms with E-state index in [-0.39, 0.29) is 19.6 Å². The summed E-state index contributed by atoms with van der Waals surface area (Å²) in [4.78, 5) is 22.4. The molecule has 0 aliphatic heterocycles. The highest BCUT2D eigenvalue weighted by molar-refractivity contribution is 7.47. The molecule has 3 unspecified atom stereocenters. The third-order valence-electron chi connectivity index (χ3n) is 8.34. The van der Waals surface area contributed by atoms with Crippen molar-refractivity contribution < 1.29 is 43.0 Å². The average Bonchev–Trinajstić information content (AvgIpc) is 3.09. The van der Waals surface area contributed by atoms with Gasteiger partial charge < -0.3 is 24.6 Å². The highest BCUT2D eigenvalue weighted by Gasteiger charge is 2.26. The van der Waals surface area contributed by atoms with Gasteiger partial charge in [0, 0.05) is 13.0 Å². The molecule has 0 saturated heterocycles. The Hall–Kier alpha value is -1.06. The zero-order chi connectivity index (χ0) is 36.1. The monoisotopic (exact) mass is 719 g/mol. The fraction of sp³-hybridized carbons (Fsp3) is 0.872. The molecule has 3 atom stereocenters. The van der Waals surface area contributed by atoms with E-state index in [1.807, 2.05) is 0 Å². The molecule has 3 N–H and O–H groups in total. The lowest BCUT2D eigenvalue weighted by Crippen LogP contribution is -2.29. The normalized spacial score (nSPS) is 14.5. The Kier molecular flexibility index (Phi) is 35.9. The first-order chi connectivity index (χ1) is 23.8. The van der Waals surface area contributed by atoms with E-state index in [1.165, 1.54) is 89.9 Å². The number of unbranched alkanes of at least 4 members (excludes halogenated alkanes) is 20. The molecular weight excluding hydrogens is 643 g/mol. The summed E-state index contributed by atoms with van der Waals surface area (Å²) in [6.45, 7) is 3.43. The zero-order valence-corrected chi connectivity index (χ0v) is 32.3. The van der Waals surface area contributed by atoms with E-state index < -0.39 is 39.2 Å². The number of ether oxygens (including phenoxy) is 2. The maximum Gasteiger partial charge on any atom is 0.472 e. The first-order valence-corrected chi connectivity index (χ1v) is 21.3. The molecule has 0 rings (SSSR count). The van der Waals surface area contributed by atoms with Gasteiger partial charge in [0.15, 0.2) is 0 Å². The molecule has 0 fully saturated rings. The highest BCUT2D eigenvalue weighted by atomic mass is 31.2. The maximum atomic E-state index is 12.5. The van der Waals surface area contributed by atoms with Gasteiger partial charge in [0.1, 0.15) is 12.2 Å². The number of hydrogen-bond acceptors (Lipinski definition) is 8. The standard InChI is InChI=1S/C39H75O9P/c1-3-5-7-9-11-13-15-16-17-18-19-20-21-22-24-26-28-30-32-45-35-38(36-47-49(43,44)46-34-37(41)33-40)48-39(42)31-29-27-25-23-14-12-10-8-6-4-2/h8,10,16-17,37-38,40-41H,3-7,9,11-15,18-36H2,1-2H3,(H,43,44)/b10-8-,17-16-. The van der Waals surface area contributed by atoms with Crippen LogP contribution in [0.3, 0.4) is 0 Å². The van der Waals surface area contributed by atoms with Crippen molar-refractivity contribution in [1.29, 1.82) is 0 Å². The fourth-order valence-corrected chi connectivity index (χ4v) is 6.08. The van der Waals surface area contributed by atoms with Crippen LogP contribution in [0, 0.1) is 0 Å². The number of carbonyl (C=O) groups is 1. The molecular formula is C39H75O9P. The van der Waals surface area contributed by atoms with Crippen molar-refractivity contribution in [2.24, 2.45) is 0 Å². The van der Waals surface area contributed by atoms with E-state index in [0.29, 0.717) is 6.61 Å². The van der Waals surface area contributed by atoms with Crippen molar-refractivity contribution in [3.63, 3.8) is 0 Å². The predicted molar refractivity (Wildman–Crippen MR) is 201 cm³/mol. The van der Waals surface area contributed by atoms with E-state index in [0.717, 1.165) is 64.2 Å². The van der Waals surface area contributed by atoms with Gasteiger partial charge in [-0.2, -0.15) is 0 Å². The molecule has 0 aromatic rings. The Morgan fingerprint density at radius 3 is 1.61 bits per heavy atom. The Balaban J connectivity index is 4.15. The molecule has 0 bridgehead atoms. The molecule has 0 amide bonds. The zero-order valence-electron chi connectivity index (χ0n) is 31.4. The summed E-state index contributed by atoms with van der Waals surface area (Å²) in [7, 11) is -4.51. The summed E-state index contributed by atoms with van der Waals surface area (Å²) < 4.78 is 33.2. The number of allylic oxidation sites excluding steroid dienone is 4. The minimum atomic E-state index is -4.51. The third kappa shape index (κ3) is 36.5. The van der Waals surface area contributed by atoms with E-state index >= 15 is 0 Å². The topological polar surface area (TPSA) is 132 Å².